The second kappa shape index (κ2) is 6.34. The van der Waals surface area contributed by atoms with E-state index in [1.54, 1.807) is 25.6 Å². The number of nitrogens with zero attached hydrogens (tertiary/aromatic N) is 1. The van der Waals surface area contributed by atoms with Gasteiger partial charge in [-0.15, -0.1) is 11.3 Å². The van der Waals surface area contributed by atoms with Gasteiger partial charge in [-0.25, -0.2) is 4.98 Å². The molecule has 4 nitrogen and oxygen atoms in total. The lowest BCUT2D eigenvalue weighted by atomic mass is 10.0. The molecule has 3 aromatic rings. The molecule has 0 bridgehead atoms. The molecular formula is C17H18N2O2S. The van der Waals surface area contributed by atoms with Crippen molar-refractivity contribution in [2.24, 2.45) is 5.73 Å². The Balaban J connectivity index is 2.26. The minimum Gasteiger partial charge on any atom is -0.496 e. The van der Waals surface area contributed by atoms with Crippen LogP contribution in [0.25, 0.3) is 22.0 Å². The maximum atomic E-state index is 5.62. The van der Waals surface area contributed by atoms with Crippen LogP contribution in [0.1, 0.15) is 5.01 Å². The highest BCUT2D eigenvalue weighted by Gasteiger charge is 2.17. The van der Waals surface area contributed by atoms with E-state index in [1.165, 1.54) is 0 Å². The average Bonchev–Trinajstić information content (AvgIpc) is 3.01. The molecule has 3 rings (SSSR count). The normalized spacial score (nSPS) is 10.9. The lowest BCUT2D eigenvalue weighted by Gasteiger charge is -2.14. The summed E-state index contributed by atoms with van der Waals surface area (Å²) in [5.74, 6) is 1.56. The Hall–Kier alpha value is -2.11. The molecule has 2 aromatic carbocycles. The highest BCUT2D eigenvalue weighted by Crippen LogP contribution is 2.42. The molecule has 2 N–H and O–H groups in total. The van der Waals surface area contributed by atoms with E-state index in [4.69, 9.17) is 20.2 Å². The second-order valence-corrected chi connectivity index (χ2v) is 5.81. The summed E-state index contributed by atoms with van der Waals surface area (Å²) in [6.07, 6.45) is 0.793. The number of nitrogens with two attached hydrogens (primary N) is 1. The molecule has 1 aromatic heterocycles. The molecule has 0 aliphatic heterocycles. The molecule has 0 radical (unpaired) electrons. The van der Waals surface area contributed by atoms with Crippen LogP contribution < -0.4 is 15.2 Å². The highest BCUT2D eigenvalue weighted by molar-refractivity contribution is 7.10. The summed E-state index contributed by atoms with van der Waals surface area (Å²) in [6.45, 7) is 0.605. The van der Waals surface area contributed by atoms with Crippen LogP contribution in [0.3, 0.4) is 0 Å². The van der Waals surface area contributed by atoms with E-state index in [-0.39, 0.29) is 0 Å². The molecule has 0 aliphatic carbocycles. The molecule has 5 heteroatoms. The van der Waals surface area contributed by atoms with Gasteiger partial charge < -0.3 is 15.2 Å². The number of rotatable bonds is 5. The standard InChI is InChI=1S/C17H18N2O2S/c1-20-14-9-15(21-2)17(12-6-4-3-5-11(12)14)13-10-22-16(19-13)7-8-18/h3-6,9-10H,7-8,18H2,1-2H3. The summed E-state index contributed by atoms with van der Waals surface area (Å²) < 4.78 is 11.1. The number of thiazole rings is 1. The number of aromatic nitrogens is 1. The van der Waals surface area contributed by atoms with E-state index < -0.39 is 0 Å². The zero-order valence-electron chi connectivity index (χ0n) is 12.6. The first-order valence-electron chi connectivity index (χ1n) is 7.07. The average molecular weight is 314 g/mol. The first kappa shape index (κ1) is 14.8. The van der Waals surface area contributed by atoms with Gasteiger partial charge in [0, 0.05) is 23.3 Å². The molecule has 0 saturated carbocycles. The van der Waals surface area contributed by atoms with E-state index in [0.29, 0.717) is 6.54 Å². The Kier molecular flexibility index (Phi) is 4.27. The minimum absolute atomic E-state index is 0.605. The first-order valence-corrected chi connectivity index (χ1v) is 7.95. The van der Waals surface area contributed by atoms with Gasteiger partial charge >= 0.3 is 0 Å². The monoisotopic (exact) mass is 314 g/mol. The SMILES string of the molecule is COc1cc(OC)c2ccccc2c1-c1csc(CCN)n1. The molecule has 0 saturated heterocycles. The summed E-state index contributed by atoms with van der Waals surface area (Å²) in [5.41, 5.74) is 7.54. The molecule has 1 heterocycles. The summed E-state index contributed by atoms with van der Waals surface area (Å²) in [5, 5.41) is 5.22. The van der Waals surface area contributed by atoms with Crippen LogP contribution in [-0.4, -0.2) is 25.7 Å². The Morgan fingerprint density at radius 3 is 2.50 bits per heavy atom. The number of methoxy groups -OCH3 is 2. The van der Waals surface area contributed by atoms with Crippen molar-refractivity contribution in [3.63, 3.8) is 0 Å². The third-order valence-electron chi connectivity index (χ3n) is 3.58. The van der Waals surface area contributed by atoms with Crippen molar-refractivity contribution in [2.45, 2.75) is 6.42 Å². The van der Waals surface area contributed by atoms with Crippen LogP contribution in [-0.2, 0) is 6.42 Å². The van der Waals surface area contributed by atoms with E-state index in [0.717, 1.165) is 45.0 Å². The maximum Gasteiger partial charge on any atom is 0.132 e. The summed E-state index contributed by atoms with van der Waals surface area (Å²) in [7, 11) is 3.34. The summed E-state index contributed by atoms with van der Waals surface area (Å²) >= 11 is 1.63. The summed E-state index contributed by atoms with van der Waals surface area (Å²) in [4.78, 5) is 4.70. The van der Waals surface area contributed by atoms with Gasteiger partial charge in [-0.2, -0.15) is 0 Å². The Bertz CT molecular complexity index is 798. The predicted octanol–water partition coefficient (Wildman–Crippen LogP) is 3.48. The van der Waals surface area contributed by atoms with Crippen LogP contribution in [0.4, 0.5) is 0 Å². The van der Waals surface area contributed by atoms with Gasteiger partial charge in [-0.05, 0) is 11.9 Å². The quantitative estimate of drug-likeness (QED) is 0.783. The Morgan fingerprint density at radius 1 is 1.09 bits per heavy atom. The van der Waals surface area contributed by atoms with Crippen LogP contribution in [0.5, 0.6) is 11.5 Å². The minimum atomic E-state index is 0.605. The molecular weight excluding hydrogens is 296 g/mol. The second-order valence-electron chi connectivity index (χ2n) is 4.87. The molecule has 0 unspecified atom stereocenters. The molecule has 22 heavy (non-hydrogen) atoms. The van der Waals surface area contributed by atoms with Crippen LogP contribution >= 0.6 is 11.3 Å². The fraction of sp³-hybridized carbons (Fsp3) is 0.235. The summed E-state index contributed by atoms with van der Waals surface area (Å²) in [6, 6.07) is 10.0. The van der Waals surface area contributed by atoms with E-state index in [1.807, 2.05) is 24.3 Å². The third kappa shape index (κ3) is 2.53. The van der Waals surface area contributed by atoms with Crippen molar-refractivity contribution in [3.05, 3.63) is 40.7 Å². The van der Waals surface area contributed by atoms with Crippen molar-refractivity contribution in [1.82, 2.24) is 4.98 Å². The smallest absolute Gasteiger partial charge is 0.132 e. The topological polar surface area (TPSA) is 57.4 Å². The Labute approximate surface area is 133 Å². The molecule has 0 amide bonds. The fourth-order valence-corrected chi connectivity index (χ4v) is 3.38. The highest BCUT2D eigenvalue weighted by atomic mass is 32.1. The van der Waals surface area contributed by atoms with Crippen molar-refractivity contribution >= 4 is 22.1 Å². The van der Waals surface area contributed by atoms with Gasteiger partial charge in [0.2, 0.25) is 0 Å². The van der Waals surface area contributed by atoms with Gasteiger partial charge in [-0.1, -0.05) is 24.3 Å². The molecule has 114 valence electrons. The zero-order chi connectivity index (χ0) is 15.5. The molecule has 0 atom stereocenters. The third-order valence-corrected chi connectivity index (χ3v) is 4.48. The van der Waals surface area contributed by atoms with E-state index in [9.17, 15) is 0 Å². The van der Waals surface area contributed by atoms with Crippen LogP contribution in [0.2, 0.25) is 0 Å². The van der Waals surface area contributed by atoms with E-state index in [2.05, 4.69) is 11.4 Å². The van der Waals surface area contributed by atoms with Gasteiger partial charge in [0.1, 0.15) is 11.5 Å². The van der Waals surface area contributed by atoms with Crippen LogP contribution in [0.15, 0.2) is 35.7 Å². The van der Waals surface area contributed by atoms with Gasteiger partial charge in [0.05, 0.1) is 30.5 Å². The zero-order valence-corrected chi connectivity index (χ0v) is 13.4. The maximum absolute atomic E-state index is 5.62. The van der Waals surface area contributed by atoms with E-state index >= 15 is 0 Å². The van der Waals surface area contributed by atoms with Crippen molar-refractivity contribution < 1.29 is 9.47 Å². The van der Waals surface area contributed by atoms with Gasteiger partial charge in [0.25, 0.3) is 0 Å². The van der Waals surface area contributed by atoms with Crippen LogP contribution in [0, 0.1) is 0 Å². The molecule has 0 spiro atoms. The number of hydrogen-bond acceptors (Lipinski definition) is 5. The van der Waals surface area contributed by atoms with Gasteiger partial charge in [0.15, 0.2) is 0 Å². The van der Waals surface area contributed by atoms with Crippen molar-refractivity contribution in [1.29, 1.82) is 0 Å². The van der Waals surface area contributed by atoms with Crippen molar-refractivity contribution in [2.75, 3.05) is 20.8 Å². The Morgan fingerprint density at radius 2 is 1.82 bits per heavy atom. The lowest BCUT2D eigenvalue weighted by molar-refractivity contribution is 0.399. The number of benzene rings is 2. The number of ether oxygens (including phenoxy) is 2. The van der Waals surface area contributed by atoms with Gasteiger partial charge in [-0.3, -0.25) is 0 Å². The van der Waals surface area contributed by atoms with Crippen molar-refractivity contribution in [3.8, 4) is 22.8 Å². The lowest BCUT2D eigenvalue weighted by Crippen LogP contribution is -2.02. The number of fused-ring (bicyclic) bond motifs is 1. The number of hydrogen-bond donors (Lipinski definition) is 1. The fourth-order valence-electron chi connectivity index (χ4n) is 2.58. The largest absolute Gasteiger partial charge is 0.496 e. The first-order chi connectivity index (χ1) is 10.8. The molecule has 0 aliphatic rings. The molecule has 0 fully saturated rings. The predicted molar refractivity (Wildman–Crippen MR) is 90.9 cm³/mol.